The number of ketones is 1. The molecular weight excluding hydrogens is 300 g/mol. The van der Waals surface area contributed by atoms with Crippen LogP contribution in [0.2, 0.25) is 0 Å². The minimum atomic E-state index is 0.282. The molecule has 0 bridgehead atoms. The van der Waals surface area contributed by atoms with E-state index in [0.717, 1.165) is 29.4 Å². The maximum absolute atomic E-state index is 13.0. The van der Waals surface area contributed by atoms with Crippen LogP contribution >= 0.6 is 0 Å². The molecule has 0 radical (unpaired) electrons. The highest BCUT2D eigenvalue weighted by molar-refractivity contribution is 5.83. The van der Waals surface area contributed by atoms with Gasteiger partial charge in [0.2, 0.25) is 6.79 Å². The molecule has 0 saturated heterocycles. The summed E-state index contributed by atoms with van der Waals surface area (Å²) < 4.78 is 10.8. The zero-order valence-corrected chi connectivity index (χ0v) is 14.5. The van der Waals surface area contributed by atoms with Crippen LogP contribution in [0.1, 0.15) is 63.4 Å². The van der Waals surface area contributed by atoms with Gasteiger partial charge in [-0.1, -0.05) is 44.6 Å². The normalized spacial score (nSPS) is 26.7. The van der Waals surface area contributed by atoms with Gasteiger partial charge in [0.25, 0.3) is 0 Å². The highest BCUT2D eigenvalue weighted by Crippen LogP contribution is 2.40. The van der Waals surface area contributed by atoms with Crippen molar-refractivity contribution in [2.75, 3.05) is 6.79 Å². The number of hydrogen-bond acceptors (Lipinski definition) is 3. The van der Waals surface area contributed by atoms with Gasteiger partial charge in [-0.25, -0.2) is 0 Å². The molecule has 3 nitrogen and oxygen atoms in total. The number of ether oxygens (including phenoxy) is 2. The molecule has 130 valence electrons. The molecule has 24 heavy (non-hydrogen) atoms. The van der Waals surface area contributed by atoms with Crippen molar-refractivity contribution in [3.63, 3.8) is 0 Å². The fourth-order valence-electron chi connectivity index (χ4n) is 4.97. The third-order valence-electron chi connectivity index (χ3n) is 6.25. The third-order valence-corrected chi connectivity index (χ3v) is 6.25. The Morgan fingerprint density at radius 3 is 2.58 bits per heavy atom. The van der Waals surface area contributed by atoms with Crippen molar-refractivity contribution in [2.45, 2.75) is 64.2 Å². The van der Waals surface area contributed by atoms with E-state index >= 15 is 0 Å². The number of carbonyl (C=O) groups is 1. The maximum atomic E-state index is 13.0. The van der Waals surface area contributed by atoms with E-state index in [4.69, 9.17) is 9.47 Å². The molecule has 0 amide bonds. The van der Waals surface area contributed by atoms with Crippen molar-refractivity contribution in [2.24, 2.45) is 17.8 Å². The van der Waals surface area contributed by atoms with E-state index < -0.39 is 0 Å². The zero-order valence-electron chi connectivity index (χ0n) is 14.5. The molecule has 1 aliphatic heterocycles. The average molecular weight is 328 g/mol. The molecule has 1 aromatic rings. The predicted octanol–water partition coefficient (Wildman–Crippen LogP) is 4.91. The van der Waals surface area contributed by atoms with Gasteiger partial charge in [-0.05, 0) is 48.8 Å². The molecule has 3 aliphatic rings. The minimum absolute atomic E-state index is 0.282. The van der Waals surface area contributed by atoms with Crippen LogP contribution in [0.4, 0.5) is 0 Å². The monoisotopic (exact) mass is 328 g/mol. The highest BCUT2D eigenvalue weighted by atomic mass is 16.7. The Bertz CT molecular complexity index is 589. The van der Waals surface area contributed by atoms with Crippen LogP contribution < -0.4 is 9.47 Å². The predicted molar refractivity (Wildman–Crippen MR) is 93.3 cm³/mol. The van der Waals surface area contributed by atoms with Crippen LogP contribution in [-0.4, -0.2) is 12.6 Å². The number of hydrogen-bond donors (Lipinski definition) is 0. The molecule has 1 heterocycles. The Morgan fingerprint density at radius 1 is 0.958 bits per heavy atom. The Hall–Kier alpha value is -1.51. The quantitative estimate of drug-likeness (QED) is 0.770. The van der Waals surface area contributed by atoms with Crippen LogP contribution in [0.15, 0.2) is 18.2 Å². The van der Waals surface area contributed by atoms with Gasteiger partial charge in [-0.15, -0.1) is 0 Å². The summed E-state index contributed by atoms with van der Waals surface area (Å²) in [6.45, 7) is 0.290. The van der Waals surface area contributed by atoms with Gasteiger partial charge >= 0.3 is 0 Å². The summed E-state index contributed by atoms with van der Waals surface area (Å²) in [5, 5.41) is 0. The molecule has 0 spiro atoms. The van der Waals surface area contributed by atoms with Crippen molar-refractivity contribution in [3.05, 3.63) is 23.8 Å². The largest absolute Gasteiger partial charge is 0.454 e. The van der Waals surface area contributed by atoms with Gasteiger partial charge in [0.05, 0.1) is 0 Å². The molecule has 1 unspecified atom stereocenters. The van der Waals surface area contributed by atoms with Crippen molar-refractivity contribution in [1.29, 1.82) is 0 Å². The van der Waals surface area contributed by atoms with Crippen molar-refractivity contribution >= 4 is 5.78 Å². The van der Waals surface area contributed by atoms with Crippen molar-refractivity contribution < 1.29 is 14.3 Å². The second-order valence-corrected chi connectivity index (χ2v) is 7.87. The van der Waals surface area contributed by atoms with E-state index in [2.05, 4.69) is 0 Å². The smallest absolute Gasteiger partial charge is 0.231 e. The van der Waals surface area contributed by atoms with Crippen molar-refractivity contribution in [3.8, 4) is 11.5 Å². The lowest BCUT2D eigenvalue weighted by Crippen LogP contribution is -2.29. The summed E-state index contributed by atoms with van der Waals surface area (Å²) in [6.07, 6.45) is 12.3. The van der Waals surface area contributed by atoms with Crippen molar-refractivity contribution in [1.82, 2.24) is 0 Å². The number of rotatable bonds is 5. The first-order valence-corrected chi connectivity index (χ1v) is 9.71. The second-order valence-electron chi connectivity index (χ2n) is 7.87. The standard InChI is InChI=1S/C21H28O3/c22-19(12-16-9-10-20-21(13-16)24-14-23-20)18-8-4-3-7-17(18)11-15-5-1-2-6-15/h9-10,13,15,17-18H,1-8,11-12,14H2/t17-,18?/m0/s1. The van der Waals surface area contributed by atoms with E-state index in [-0.39, 0.29) is 5.92 Å². The molecule has 2 atom stereocenters. The lowest BCUT2D eigenvalue weighted by atomic mass is 9.72. The van der Waals surface area contributed by atoms with E-state index in [9.17, 15) is 4.79 Å². The summed E-state index contributed by atoms with van der Waals surface area (Å²) >= 11 is 0. The Morgan fingerprint density at radius 2 is 1.71 bits per heavy atom. The molecule has 0 aromatic heterocycles. The van der Waals surface area contributed by atoms with Crippen LogP contribution in [0, 0.1) is 17.8 Å². The fraction of sp³-hybridized carbons (Fsp3) is 0.667. The summed E-state index contributed by atoms with van der Waals surface area (Å²) in [6, 6.07) is 5.93. The van der Waals surface area contributed by atoms with Gasteiger partial charge < -0.3 is 9.47 Å². The summed E-state index contributed by atoms with van der Waals surface area (Å²) in [5.74, 6) is 3.81. The lowest BCUT2D eigenvalue weighted by molar-refractivity contribution is -0.125. The SMILES string of the molecule is O=C(Cc1ccc2c(c1)OCO2)C1CCCC[C@H]1CC1CCCC1. The Kier molecular flexibility index (Phi) is 4.77. The number of Topliss-reactive ketones (excluding diaryl/α,β-unsaturated/α-hetero) is 1. The Labute approximate surface area is 144 Å². The Balaban J connectivity index is 1.41. The van der Waals surface area contributed by atoms with Gasteiger partial charge in [0.15, 0.2) is 11.5 Å². The zero-order chi connectivity index (χ0) is 16.4. The van der Waals surface area contributed by atoms with Gasteiger partial charge in [0, 0.05) is 12.3 Å². The van der Waals surface area contributed by atoms with E-state index in [0.29, 0.717) is 24.9 Å². The first kappa shape index (κ1) is 16.0. The van der Waals surface area contributed by atoms with Crippen LogP contribution in [0.5, 0.6) is 11.5 Å². The number of fused-ring (bicyclic) bond motifs is 1. The third kappa shape index (κ3) is 3.45. The number of benzene rings is 1. The molecule has 2 fully saturated rings. The first-order chi connectivity index (χ1) is 11.8. The molecular formula is C21H28O3. The first-order valence-electron chi connectivity index (χ1n) is 9.71. The summed E-state index contributed by atoms with van der Waals surface area (Å²) in [4.78, 5) is 13.0. The van der Waals surface area contributed by atoms with E-state index in [1.165, 1.54) is 51.4 Å². The second kappa shape index (κ2) is 7.16. The topological polar surface area (TPSA) is 35.5 Å². The van der Waals surface area contributed by atoms with Gasteiger partial charge in [-0.3, -0.25) is 4.79 Å². The summed E-state index contributed by atoms with van der Waals surface area (Å²) in [5.41, 5.74) is 1.06. The average Bonchev–Trinajstić information content (AvgIpc) is 3.26. The van der Waals surface area contributed by atoms with Crippen LogP contribution in [0.25, 0.3) is 0 Å². The molecule has 0 N–H and O–H groups in total. The maximum Gasteiger partial charge on any atom is 0.231 e. The minimum Gasteiger partial charge on any atom is -0.454 e. The van der Waals surface area contributed by atoms with E-state index in [1.54, 1.807) is 0 Å². The molecule has 2 aliphatic carbocycles. The van der Waals surface area contributed by atoms with Gasteiger partial charge in [0.1, 0.15) is 5.78 Å². The highest BCUT2D eigenvalue weighted by Gasteiger charge is 2.33. The molecule has 2 saturated carbocycles. The number of carbonyl (C=O) groups excluding carboxylic acids is 1. The van der Waals surface area contributed by atoms with E-state index in [1.807, 2.05) is 18.2 Å². The molecule has 4 rings (SSSR count). The van der Waals surface area contributed by atoms with Gasteiger partial charge in [-0.2, -0.15) is 0 Å². The molecule has 1 aromatic carbocycles. The van der Waals surface area contributed by atoms with Crippen LogP contribution in [0.3, 0.4) is 0 Å². The molecule has 3 heteroatoms. The van der Waals surface area contributed by atoms with Crippen LogP contribution in [-0.2, 0) is 11.2 Å². The fourth-order valence-corrected chi connectivity index (χ4v) is 4.97. The lowest BCUT2D eigenvalue weighted by Gasteiger charge is -2.32. The summed E-state index contributed by atoms with van der Waals surface area (Å²) in [7, 11) is 0.